The van der Waals surface area contributed by atoms with Crippen LogP contribution in [-0.2, 0) is 15.3 Å². The van der Waals surface area contributed by atoms with E-state index in [2.05, 4.69) is 9.68 Å². The van der Waals surface area contributed by atoms with Gasteiger partial charge in [0.1, 0.15) is 0 Å². The van der Waals surface area contributed by atoms with Crippen LogP contribution >= 0.6 is 0 Å². The molecule has 0 aliphatic rings. The largest absolute Gasteiger partial charge is 0.365 e. The third-order valence-electron chi connectivity index (χ3n) is 2.73. The van der Waals surface area contributed by atoms with Crippen LogP contribution < -0.4 is 10.2 Å². The number of likely N-dealkylation sites (N-methyl/N-ethyl adjacent to an activating group) is 2. The van der Waals surface area contributed by atoms with Gasteiger partial charge in [0, 0.05) is 25.8 Å². The van der Waals surface area contributed by atoms with Gasteiger partial charge in [0.2, 0.25) is 5.91 Å². The fraction of sp³-hybridized carbons (Fsp3) is 0.462. The van der Waals surface area contributed by atoms with Gasteiger partial charge in [-0.2, -0.15) is 8.42 Å². The van der Waals surface area contributed by atoms with Crippen LogP contribution in [0.15, 0.2) is 28.6 Å². The van der Waals surface area contributed by atoms with E-state index in [0.717, 1.165) is 12.2 Å². The molecule has 0 radical (unpaired) electrons. The molecular weight excluding hydrogens is 292 g/mol. The van der Waals surface area contributed by atoms with E-state index < -0.39 is 10.5 Å². The Morgan fingerprint density at radius 1 is 1.19 bits per heavy atom. The quantitative estimate of drug-likeness (QED) is 0.792. The molecule has 0 aliphatic heterocycles. The Labute approximate surface area is 126 Å². The van der Waals surface area contributed by atoms with E-state index in [1.54, 1.807) is 36.2 Å². The van der Waals surface area contributed by atoms with Gasteiger partial charge in [0.15, 0.2) is 0 Å². The van der Waals surface area contributed by atoms with Crippen molar-refractivity contribution in [3.8, 4) is 0 Å². The summed E-state index contributed by atoms with van der Waals surface area (Å²) in [5, 5.41) is 2.83. The van der Waals surface area contributed by atoms with Crippen LogP contribution in [0.4, 0.5) is 11.4 Å². The Morgan fingerprint density at radius 2 is 1.81 bits per heavy atom. The lowest BCUT2D eigenvalue weighted by molar-refractivity contribution is -0.119. The monoisotopic (exact) mass is 312 g/mol. The van der Waals surface area contributed by atoms with E-state index in [1.807, 2.05) is 19.0 Å². The van der Waals surface area contributed by atoms with Gasteiger partial charge in [-0.05, 0) is 38.4 Å². The topological polar surface area (TPSA) is 82.1 Å². The van der Waals surface area contributed by atoms with Crippen molar-refractivity contribution in [1.29, 1.82) is 0 Å². The number of nitrogens with zero attached hydrogens (tertiary/aromatic N) is 3. The minimum Gasteiger partial charge on any atom is -0.365 e. The smallest absolute Gasteiger partial charge is 0.316 e. The second-order valence-electron chi connectivity index (χ2n) is 4.83. The Hall–Kier alpha value is -1.93. The molecule has 7 nitrogen and oxygen atoms in total. The Morgan fingerprint density at radius 3 is 2.33 bits per heavy atom. The average Bonchev–Trinajstić information content (AvgIpc) is 2.38. The van der Waals surface area contributed by atoms with Crippen LogP contribution in [0.2, 0.25) is 0 Å². The summed E-state index contributed by atoms with van der Waals surface area (Å²) in [5.41, 5.74) is 1.17. The molecule has 0 spiro atoms. The number of nitrogens with one attached hydrogen (secondary N) is 1. The number of hydrogen-bond acceptors (Lipinski definition) is 6. The summed E-state index contributed by atoms with van der Waals surface area (Å²) in [6.45, 7) is 1.63. The molecule has 0 saturated carbocycles. The van der Waals surface area contributed by atoms with Crippen LogP contribution in [0.3, 0.4) is 0 Å². The molecular formula is C13H20N4O3S. The lowest BCUT2D eigenvalue weighted by Gasteiger charge is -2.19. The first kappa shape index (κ1) is 17.1. The van der Waals surface area contributed by atoms with Gasteiger partial charge < -0.3 is 15.1 Å². The number of amides is 1. The molecule has 8 heteroatoms. The zero-order chi connectivity index (χ0) is 15.8. The number of anilines is 1. The third kappa shape index (κ3) is 6.87. The predicted octanol–water partition coefficient (Wildman–Crippen LogP) is 0.495. The molecule has 116 valence electrons. The van der Waals surface area contributed by atoms with Gasteiger partial charge in [0.25, 0.3) is 0 Å². The molecule has 1 aromatic rings. The molecule has 0 fully saturated rings. The number of benzene rings is 1. The van der Waals surface area contributed by atoms with E-state index in [4.69, 9.17) is 0 Å². The molecule has 21 heavy (non-hydrogen) atoms. The summed E-state index contributed by atoms with van der Waals surface area (Å²) in [5.74, 6) is -0.0613. The second kappa shape index (κ2) is 8.38. The molecule has 0 saturated heterocycles. The highest BCUT2D eigenvalue weighted by atomic mass is 32.2. The van der Waals surface area contributed by atoms with Crippen LogP contribution in [0, 0.1) is 0 Å². The fourth-order valence-electron chi connectivity index (χ4n) is 1.64. The summed E-state index contributed by atoms with van der Waals surface area (Å²) in [7, 11) is 3.23. The zero-order valence-electron chi connectivity index (χ0n) is 12.4. The first-order valence-electron chi connectivity index (χ1n) is 6.42. The van der Waals surface area contributed by atoms with E-state index in [-0.39, 0.29) is 12.5 Å². The molecule has 0 heterocycles. The van der Waals surface area contributed by atoms with Gasteiger partial charge >= 0.3 is 10.5 Å². The van der Waals surface area contributed by atoms with Crippen molar-refractivity contribution in [2.24, 2.45) is 4.36 Å². The van der Waals surface area contributed by atoms with Crippen LogP contribution in [-0.4, -0.2) is 60.0 Å². The Bertz CT molecular complexity index is 588. The lowest BCUT2D eigenvalue weighted by Crippen LogP contribution is -2.38. The number of rotatable bonds is 7. The Kier molecular flexibility index (Phi) is 6.83. The van der Waals surface area contributed by atoms with Gasteiger partial charge in [-0.25, -0.2) is 0 Å². The Balaban J connectivity index is 2.53. The maximum absolute atomic E-state index is 11.7. The van der Waals surface area contributed by atoms with E-state index >= 15 is 0 Å². The SMILES string of the molecule is CN(C)CCNC(=O)CN(C)c1ccc(N=S(=O)=O)cc1. The van der Waals surface area contributed by atoms with Gasteiger partial charge in [-0.15, -0.1) is 4.36 Å². The van der Waals surface area contributed by atoms with Crippen molar-refractivity contribution in [2.45, 2.75) is 0 Å². The van der Waals surface area contributed by atoms with Crippen molar-refractivity contribution in [3.05, 3.63) is 24.3 Å². The molecule has 0 aromatic heterocycles. The molecule has 1 amide bonds. The fourth-order valence-corrected chi connectivity index (χ4v) is 1.93. The molecule has 1 aromatic carbocycles. The molecule has 1 rings (SSSR count). The van der Waals surface area contributed by atoms with Crippen LogP contribution in [0.5, 0.6) is 0 Å². The lowest BCUT2D eigenvalue weighted by atomic mass is 10.2. The van der Waals surface area contributed by atoms with Crippen LogP contribution in [0.25, 0.3) is 0 Å². The summed E-state index contributed by atoms with van der Waals surface area (Å²) in [4.78, 5) is 15.5. The average molecular weight is 312 g/mol. The van der Waals surface area contributed by atoms with Gasteiger partial charge in [-0.1, -0.05) is 0 Å². The zero-order valence-corrected chi connectivity index (χ0v) is 13.2. The van der Waals surface area contributed by atoms with Gasteiger partial charge in [-0.3, -0.25) is 4.79 Å². The predicted molar refractivity (Wildman–Crippen MR) is 82.3 cm³/mol. The summed E-state index contributed by atoms with van der Waals surface area (Å²) in [6.07, 6.45) is 0. The van der Waals surface area contributed by atoms with Crippen LogP contribution in [0.1, 0.15) is 0 Å². The molecule has 0 atom stereocenters. The minimum absolute atomic E-state index is 0.0613. The minimum atomic E-state index is -2.46. The maximum atomic E-state index is 11.7. The highest BCUT2D eigenvalue weighted by Crippen LogP contribution is 2.18. The third-order valence-corrected chi connectivity index (χ3v) is 3.09. The number of carbonyl (C=O) groups is 1. The normalized spacial score (nSPS) is 10.3. The number of carbonyl (C=O) groups excluding carboxylic acids is 1. The van der Waals surface area contributed by atoms with E-state index in [1.165, 1.54) is 0 Å². The van der Waals surface area contributed by atoms with Crippen molar-refractivity contribution < 1.29 is 13.2 Å². The number of hydrogen-bond donors (Lipinski definition) is 1. The highest BCUT2D eigenvalue weighted by molar-refractivity contribution is 7.61. The maximum Gasteiger partial charge on any atom is 0.316 e. The van der Waals surface area contributed by atoms with Crippen molar-refractivity contribution >= 4 is 27.8 Å². The first-order chi connectivity index (χ1) is 9.88. The molecule has 1 N–H and O–H groups in total. The van der Waals surface area contributed by atoms with Crippen molar-refractivity contribution in [2.75, 3.05) is 45.7 Å². The summed E-state index contributed by atoms with van der Waals surface area (Å²) < 4.78 is 24.3. The summed E-state index contributed by atoms with van der Waals surface area (Å²) in [6, 6.07) is 6.62. The second-order valence-corrected chi connectivity index (χ2v) is 5.45. The standard InChI is InChI=1S/C13H20N4O3S/c1-16(2)9-8-14-13(18)10-17(3)12-6-4-11(5-7-12)15-21(19)20/h4-7H,8-10H2,1-3H3,(H,14,18). The molecule has 0 unspecified atom stereocenters. The molecule has 0 bridgehead atoms. The van der Waals surface area contributed by atoms with E-state index in [9.17, 15) is 13.2 Å². The van der Waals surface area contributed by atoms with E-state index in [0.29, 0.717) is 12.2 Å². The summed E-state index contributed by atoms with van der Waals surface area (Å²) >= 11 is 0. The molecule has 0 aliphatic carbocycles. The van der Waals surface area contributed by atoms with Gasteiger partial charge in [0.05, 0.1) is 12.2 Å². The first-order valence-corrected chi connectivity index (χ1v) is 7.45. The van der Waals surface area contributed by atoms with Crippen molar-refractivity contribution in [3.63, 3.8) is 0 Å². The van der Waals surface area contributed by atoms with Crippen molar-refractivity contribution in [1.82, 2.24) is 10.2 Å². The highest BCUT2D eigenvalue weighted by Gasteiger charge is 2.07.